The fraction of sp³-hybridized carbons (Fsp3) is 0.133. The Morgan fingerprint density at radius 3 is 2.85 bits per heavy atom. The van der Waals surface area contributed by atoms with Crippen LogP contribution in [-0.4, -0.2) is 12.4 Å². The largest absolute Gasteiger partial charge is 0.492 e. The zero-order valence-electron chi connectivity index (χ0n) is 10.5. The molecule has 2 aromatic rings. The number of nitrogen functional groups attached to an aromatic ring is 1. The zero-order valence-corrected chi connectivity index (χ0v) is 12.8. The van der Waals surface area contributed by atoms with Gasteiger partial charge in [0.15, 0.2) is 5.78 Å². The Bertz CT molecular complexity index is 715. The molecule has 3 rings (SSSR count). The Morgan fingerprint density at radius 1 is 1.30 bits per heavy atom. The number of nitrogens with two attached hydrogens (primary N) is 1. The average Bonchev–Trinajstić information content (AvgIpc) is 2.88. The molecule has 0 unspecified atom stereocenters. The first kappa shape index (κ1) is 13.5. The Kier molecular flexibility index (Phi) is 3.44. The molecular weight excluding hydrogens is 342 g/mol. The molecule has 0 spiro atoms. The Hall–Kier alpha value is -1.52. The second-order valence-electron chi connectivity index (χ2n) is 4.61. The summed E-state index contributed by atoms with van der Waals surface area (Å²) in [6.45, 7) is 0.582. The maximum absolute atomic E-state index is 12.6. The van der Waals surface area contributed by atoms with Gasteiger partial charge in [-0.1, -0.05) is 11.6 Å². The van der Waals surface area contributed by atoms with Gasteiger partial charge in [0.1, 0.15) is 5.75 Å². The van der Waals surface area contributed by atoms with Crippen LogP contribution in [0.2, 0.25) is 5.02 Å². The van der Waals surface area contributed by atoms with Crippen LogP contribution >= 0.6 is 27.5 Å². The van der Waals surface area contributed by atoms with Gasteiger partial charge in [0, 0.05) is 27.2 Å². The van der Waals surface area contributed by atoms with Gasteiger partial charge in [0.05, 0.1) is 12.2 Å². The van der Waals surface area contributed by atoms with E-state index in [2.05, 4.69) is 15.9 Å². The van der Waals surface area contributed by atoms with E-state index in [-0.39, 0.29) is 5.78 Å². The van der Waals surface area contributed by atoms with Gasteiger partial charge >= 0.3 is 0 Å². The standard InChI is InChI=1S/C15H11BrClNO2/c16-12-2-1-8(6-13(12)18)14(19)11-7-10(17)5-9-3-4-20-15(9)11/h1-2,5-7H,3-4,18H2. The molecule has 0 fully saturated rings. The summed E-state index contributed by atoms with van der Waals surface area (Å²) in [6, 6.07) is 8.62. The molecule has 0 saturated carbocycles. The van der Waals surface area contributed by atoms with Crippen molar-refractivity contribution in [3.8, 4) is 5.75 Å². The number of ketones is 1. The lowest BCUT2D eigenvalue weighted by Crippen LogP contribution is -2.05. The van der Waals surface area contributed by atoms with Crippen LogP contribution < -0.4 is 10.5 Å². The van der Waals surface area contributed by atoms with E-state index >= 15 is 0 Å². The van der Waals surface area contributed by atoms with Gasteiger partial charge in [0.2, 0.25) is 0 Å². The van der Waals surface area contributed by atoms with E-state index in [0.717, 1.165) is 16.5 Å². The first-order valence-electron chi connectivity index (χ1n) is 6.11. The first-order valence-corrected chi connectivity index (χ1v) is 7.28. The van der Waals surface area contributed by atoms with Crippen LogP contribution in [0, 0.1) is 0 Å². The van der Waals surface area contributed by atoms with Crippen molar-refractivity contribution in [2.24, 2.45) is 0 Å². The third kappa shape index (κ3) is 2.30. The van der Waals surface area contributed by atoms with Crippen LogP contribution in [0.15, 0.2) is 34.8 Å². The summed E-state index contributed by atoms with van der Waals surface area (Å²) in [5, 5.41) is 0.544. The number of carbonyl (C=O) groups is 1. The van der Waals surface area contributed by atoms with Crippen LogP contribution in [-0.2, 0) is 6.42 Å². The predicted octanol–water partition coefficient (Wildman–Crippen LogP) is 3.85. The number of carbonyl (C=O) groups excluding carboxylic acids is 1. The molecular formula is C15H11BrClNO2. The van der Waals surface area contributed by atoms with Gasteiger partial charge in [-0.05, 0) is 51.8 Å². The van der Waals surface area contributed by atoms with Crippen molar-refractivity contribution in [2.45, 2.75) is 6.42 Å². The van der Waals surface area contributed by atoms with E-state index in [1.165, 1.54) is 0 Å². The second kappa shape index (κ2) is 5.11. The molecule has 0 bridgehead atoms. The quantitative estimate of drug-likeness (QED) is 0.660. The molecule has 2 N–H and O–H groups in total. The Balaban J connectivity index is 2.09. The summed E-state index contributed by atoms with van der Waals surface area (Å²) in [5.74, 6) is 0.505. The van der Waals surface area contributed by atoms with Crippen molar-refractivity contribution in [2.75, 3.05) is 12.3 Å². The summed E-state index contributed by atoms with van der Waals surface area (Å²) >= 11 is 9.39. The maximum Gasteiger partial charge on any atom is 0.196 e. The van der Waals surface area contributed by atoms with Gasteiger partial charge in [0.25, 0.3) is 0 Å². The summed E-state index contributed by atoms with van der Waals surface area (Å²) in [7, 11) is 0. The highest BCUT2D eigenvalue weighted by Crippen LogP contribution is 2.34. The van der Waals surface area contributed by atoms with Crippen LogP contribution in [0.1, 0.15) is 21.5 Å². The third-order valence-electron chi connectivity index (χ3n) is 3.25. The van der Waals surface area contributed by atoms with E-state index in [1.54, 1.807) is 24.3 Å². The number of anilines is 1. The highest BCUT2D eigenvalue weighted by molar-refractivity contribution is 9.10. The van der Waals surface area contributed by atoms with Gasteiger partial charge < -0.3 is 10.5 Å². The molecule has 1 aliphatic rings. The maximum atomic E-state index is 12.6. The monoisotopic (exact) mass is 351 g/mol. The van der Waals surface area contributed by atoms with Crippen molar-refractivity contribution >= 4 is 39.0 Å². The smallest absolute Gasteiger partial charge is 0.196 e. The van der Waals surface area contributed by atoms with Crippen LogP contribution in [0.4, 0.5) is 5.69 Å². The van der Waals surface area contributed by atoms with Gasteiger partial charge in [-0.25, -0.2) is 0 Å². The third-order valence-corrected chi connectivity index (χ3v) is 4.19. The first-order chi connectivity index (χ1) is 9.56. The Labute approximate surface area is 129 Å². The molecule has 5 heteroatoms. The molecule has 2 aromatic carbocycles. The molecule has 1 aliphatic heterocycles. The van der Waals surface area contributed by atoms with Crippen LogP contribution in [0.3, 0.4) is 0 Å². The summed E-state index contributed by atoms with van der Waals surface area (Å²) in [4.78, 5) is 12.6. The molecule has 0 aliphatic carbocycles. The molecule has 102 valence electrons. The van der Waals surface area contributed by atoms with Crippen molar-refractivity contribution in [1.29, 1.82) is 0 Å². The minimum absolute atomic E-state index is 0.134. The van der Waals surface area contributed by atoms with E-state index in [1.807, 2.05) is 6.07 Å². The molecule has 0 atom stereocenters. The van der Waals surface area contributed by atoms with Crippen molar-refractivity contribution in [1.82, 2.24) is 0 Å². The lowest BCUT2D eigenvalue weighted by Gasteiger charge is -2.09. The zero-order chi connectivity index (χ0) is 14.3. The number of hydrogen-bond acceptors (Lipinski definition) is 3. The molecule has 3 nitrogen and oxygen atoms in total. The number of fused-ring (bicyclic) bond motifs is 1. The molecule has 0 saturated heterocycles. The molecule has 1 heterocycles. The van der Waals surface area contributed by atoms with Crippen LogP contribution in [0.5, 0.6) is 5.75 Å². The second-order valence-corrected chi connectivity index (χ2v) is 5.90. The molecule has 0 radical (unpaired) electrons. The minimum atomic E-state index is -0.134. The fourth-order valence-corrected chi connectivity index (χ4v) is 2.77. The van der Waals surface area contributed by atoms with Gasteiger partial charge in [-0.2, -0.15) is 0 Å². The molecule has 0 amide bonds. The Morgan fingerprint density at radius 2 is 2.10 bits per heavy atom. The number of hydrogen-bond donors (Lipinski definition) is 1. The summed E-state index contributed by atoms with van der Waals surface area (Å²) in [6.07, 6.45) is 0.776. The topological polar surface area (TPSA) is 52.3 Å². The number of rotatable bonds is 2. The summed E-state index contributed by atoms with van der Waals surface area (Å²) < 4.78 is 6.33. The van der Waals surface area contributed by atoms with E-state index < -0.39 is 0 Å². The fourth-order valence-electron chi connectivity index (χ4n) is 2.28. The van der Waals surface area contributed by atoms with E-state index in [0.29, 0.717) is 34.2 Å². The molecule has 20 heavy (non-hydrogen) atoms. The number of benzene rings is 2. The lowest BCUT2D eigenvalue weighted by atomic mass is 9.99. The molecule has 0 aromatic heterocycles. The minimum Gasteiger partial charge on any atom is -0.492 e. The highest BCUT2D eigenvalue weighted by Gasteiger charge is 2.23. The van der Waals surface area contributed by atoms with Gasteiger partial charge in [-0.3, -0.25) is 4.79 Å². The highest BCUT2D eigenvalue weighted by atomic mass is 79.9. The summed E-state index contributed by atoms with van der Waals surface area (Å²) in [5.41, 5.74) is 8.34. The van der Waals surface area contributed by atoms with Crippen LogP contribution in [0.25, 0.3) is 0 Å². The van der Waals surface area contributed by atoms with Crippen molar-refractivity contribution in [3.05, 3.63) is 56.5 Å². The lowest BCUT2D eigenvalue weighted by molar-refractivity contribution is 0.103. The van der Waals surface area contributed by atoms with Gasteiger partial charge in [-0.15, -0.1) is 0 Å². The van der Waals surface area contributed by atoms with E-state index in [4.69, 9.17) is 22.1 Å². The average molecular weight is 353 g/mol. The number of halogens is 2. The SMILES string of the molecule is Nc1cc(C(=O)c2cc(Cl)cc3c2OCC3)ccc1Br. The predicted molar refractivity (Wildman–Crippen MR) is 82.6 cm³/mol. The number of ether oxygens (including phenoxy) is 1. The van der Waals surface area contributed by atoms with E-state index in [9.17, 15) is 4.79 Å². The van der Waals surface area contributed by atoms with Crippen molar-refractivity contribution < 1.29 is 9.53 Å². The normalized spacial score (nSPS) is 12.9. The van der Waals surface area contributed by atoms with Crippen molar-refractivity contribution in [3.63, 3.8) is 0 Å².